The van der Waals surface area contributed by atoms with Crippen LogP contribution in [0.25, 0.3) is 0 Å². The second-order valence-corrected chi connectivity index (χ2v) is 20.0. The Morgan fingerprint density at radius 2 is 0.746 bits per heavy atom. The molecule has 25 atom stereocenters. The average Bonchev–Trinajstić information content (AvgIpc) is 3.19. The minimum absolute atomic E-state index is 0.0191. The van der Waals surface area contributed by atoms with E-state index < -0.39 is 30.9 Å². The molecule has 0 amide bonds. The molecule has 5 fully saturated rings. The molecule has 59 heavy (non-hydrogen) atoms. The summed E-state index contributed by atoms with van der Waals surface area (Å²) in [6, 6.07) is 0. The van der Waals surface area contributed by atoms with Gasteiger partial charge in [0.25, 0.3) is 0 Å². The number of ether oxygens (including phenoxy) is 10. The van der Waals surface area contributed by atoms with E-state index in [9.17, 15) is 9.90 Å². The first-order chi connectivity index (χ1) is 27.8. The van der Waals surface area contributed by atoms with Gasteiger partial charge in [-0.1, -0.05) is 82.6 Å². The fourth-order valence-electron chi connectivity index (χ4n) is 11.2. The van der Waals surface area contributed by atoms with Crippen molar-refractivity contribution in [3.63, 3.8) is 0 Å². The Balaban J connectivity index is 1.21. The van der Waals surface area contributed by atoms with Crippen LogP contribution in [0.2, 0.25) is 0 Å². The van der Waals surface area contributed by atoms with Gasteiger partial charge in [0, 0.05) is 36.7 Å². The number of hydrogen-bond donors (Lipinski definition) is 1. The largest absolute Gasteiger partial charge is 0.479 e. The van der Waals surface area contributed by atoms with Gasteiger partial charge in [0.05, 0.1) is 50.8 Å². The molecule has 5 aliphatic heterocycles. The first-order valence-corrected chi connectivity index (χ1v) is 23.3. The summed E-state index contributed by atoms with van der Waals surface area (Å²) in [5, 5.41) is 9.87. The second-order valence-electron chi connectivity index (χ2n) is 20.0. The lowest BCUT2D eigenvalue weighted by Crippen LogP contribution is -2.53. The molecular weight excluding hydrogens is 757 g/mol. The summed E-state index contributed by atoms with van der Waals surface area (Å²) in [7, 11) is 1.66. The Hall–Kier alpha value is -0.930. The lowest BCUT2D eigenvalue weighted by atomic mass is 9.76. The molecule has 12 nitrogen and oxygen atoms in total. The van der Waals surface area contributed by atoms with Gasteiger partial charge in [0.15, 0.2) is 37.6 Å². The minimum Gasteiger partial charge on any atom is -0.479 e. The molecule has 0 aromatic heterocycles. The molecule has 1 N–H and O–H groups in total. The smallest absolute Gasteiger partial charge is 0.333 e. The standard InChI is InChI=1S/C47H84O12/c1-17-36-25(5)32(12)55-44(29(36)9)51-18-37-26(6)33(13)56-45(30(37)10)52-19-38-27(7)34(14)57-46(31(38)11)53-20-39-28(8)35(15)58-47(50-16)40(39)21-54-43-24(4)22(2)23(3)41(59-43)42(48)49/h22-41,43-47H,17-21H2,1-16H3,(H,48,49)/t22-,23+,24?,25-,26-,27-,28-,29?,30?,31?,32?,33?,34?,35?,36+,37+,38+,39+,40?,41?,43+,44-,45-,46-,47-/m1/s1. The van der Waals surface area contributed by atoms with Gasteiger partial charge < -0.3 is 52.5 Å². The van der Waals surface area contributed by atoms with Crippen LogP contribution in [0.1, 0.15) is 110 Å². The van der Waals surface area contributed by atoms with Gasteiger partial charge in [-0.3, -0.25) is 0 Å². The number of carboxylic acids is 1. The molecule has 0 saturated carbocycles. The highest BCUT2D eigenvalue weighted by Crippen LogP contribution is 2.44. The number of aliphatic carboxylic acids is 1. The van der Waals surface area contributed by atoms with Crippen molar-refractivity contribution in [2.45, 2.75) is 172 Å². The van der Waals surface area contributed by atoms with Crippen molar-refractivity contribution in [3.05, 3.63) is 0 Å². The molecular formula is C47H84O12. The summed E-state index contributed by atoms with van der Waals surface area (Å²) < 4.78 is 64.6. The van der Waals surface area contributed by atoms with Crippen molar-refractivity contribution >= 4 is 5.97 Å². The zero-order valence-electron chi connectivity index (χ0n) is 39.4. The number of carboxylic acid groups (broad SMARTS) is 1. The molecule has 0 radical (unpaired) electrons. The van der Waals surface area contributed by atoms with E-state index in [2.05, 4.69) is 96.9 Å². The van der Waals surface area contributed by atoms with Crippen LogP contribution in [0.5, 0.6) is 0 Å². The Morgan fingerprint density at radius 3 is 1.15 bits per heavy atom. The van der Waals surface area contributed by atoms with Crippen LogP contribution in [-0.4, -0.2) is 107 Å². The van der Waals surface area contributed by atoms with Crippen LogP contribution in [0.4, 0.5) is 0 Å². The third-order valence-electron chi connectivity index (χ3n) is 16.9. The first-order valence-electron chi connectivity index (χ1n) is 23.3. The molecule has 0 aliphatic carbocycles. The number of rotatable bonds is 15. The fraction of sp³-hybridized carbons (Fsp3) is 0.979. The van der Waals surface area contributed by atoms with Crippen LogP contribution in [0, 0.1) is 88.8 Å². The highest BCUT2D eigenvalue weighted by molar-refractivity contribution is 5.72. The van der Waals surface area contributed by atoms with Gasteiger partial charge in [-0.2, -0.15) is 0 Å². The van der Waals surface area contributed by atoms with E-state index in [-0.39, 0.29) is 109 Å². The van der Waals surface area contributed by atoms with Crippen molar-refractivity contribution in [2.24, 2.45) is 88.8 Å². The average molecular weight is 841 g/mol. The normalized spacial score (nSPS) is 51.0. The molecule has 12 heteroatoms. The van der Waals surface area contributed by atoms with Gasteiger partial charge >= 0.3 is 5.97 Å². The number of hydrogen-bond acceptors (Lipinski definition) is 11. The molecule has 0 bridgehead atoms. The minimum atomic E-state index is -0.962. The Bertz CT molecular complexity index is 1300. The molecule has 0 spiro atoms. The maximum atomic E-state index is 12.0. The molecule has 5 saturated heterocycles. The van der Waals surface area contributed by atoms with Crippen LogP contribution >= 0.6 is 0 Å². The Kier molecular flexibility index (Phi) is 17.6. The van der Waals surface area contributed by atoms with Gasteiger partial charge in [-0.15, -0.1) is 0 Å². The summed E-state index contributed by atoms with van der Waals surface area (Å²) >= 11 is 0. The van der Waals surface area contributed by atoms with Crippen molar-refractivity contribution < 1.29 is 57.3 Å². The van der Waals surface area contributed by atoms with Crippen LogP contribution in [-0.2, 0) is 52.2 Å². The van der Waals surface area contributed by atoms with E-state index >= 15 is 0 Å². The molecule has 5 rings (SSSR count). The van der Waals surface area contributed by atoms with Crippen LogP contribution in [0.15, 0.2) is 0 Å². The fourth-order valence-corrected chi connectivity index (χ4v) is 11.2. The van der Waals surface area contributed by atoms with E-state index in [0.717, 1.165) is 6.42 Å². The lowest BCUT2D eigenvalue weighted by Gasteiger charge is -2.48. The lowest BCUT2D eigenvalue weighted by molar-refractivity contribution is -0.302. The van der Waals surface area contributed by atoms with Gasteiger partial charge in [0.1, 0.15) is 0 Å². The molecule has 0 aromatic rings. The van der Waals surface area contributed by atoms with Crippen molar-refractivity contribution in [3.8, 4) is 0 Å². The summed E-state index contributed by atoms with van der Waals surface area (Å²) in [6.07, 6.45) is -1.81. The predicted molar refractivity (Wildman–Crippen MR) is 224 cm³/mol. The first kappa shape index (κ1) is 49.1. The number of methoxy groups -OCH3 is 1. The zero-order valence-corrected chi connectivity index (χ0v) is 39.4. The van der Waals surface area contributed by atoms with Gasteiger partial charge in [0.2, 0.25) is 0 Å². The maximum Gasteiger partial charge on any atom is 0.333 e. The van der Waals surface area contributed by atoms with E-state index in [1.165, 1.54) is 0 Å². The van der Waals surface area contributed by atoms with Crippen LogP contribution < -0.4 is 0 Å². The highest BCUT2D eigenvalue weighted by atomic mass is 16.7. The topological polar surface area (TPSA) is 130 Å². The van der Waals surface area contributed by atoms with Gasteiger partial charge in [-0.25, -0.2) is 4.79 Å². The van der Waals surface area contributed by atoms with E-state index in [1.807, 2.05) is 6.92 Å². The third-order valence-corrected chi connectivity index (χ3v) is 16.9. The summed E-state index contributed by atoms with van der Waals surface area (Å²) in [5.74, 6) is 1.69. The van der Waals surface area contributed by atoms with Crippen molar-refractivity contribution in [1.82, 2.24) is 0 Å². The molecule has 5 aliphatic rings. The number of carbonyl (C=O) groups is 1. The molecule has 0 aromatic carbocycles. The van der Waals surface area contributed by atoms with Gasteiger partial charge in [-0.05, 0) is 86.9 Å². The second kappa shape index (κ2) is 21.2. The molecule has 344 valence electrons. The zero-order chi connectivity index (χ0) is 43.6. The van der Waals surface area contributed by atoms with E-state index in [1.54, 1.807) is 7.11 Å². The Morgan fingerprint density at radius 1 is 0.407 bits per heavy atom. The summed E-state index contributed by atoms with van der Waals surface area (Å²) in [4.78, 5) is 12.0. The third kappa shape index (κ3) is 10.7. The van der Waals surface area contributed by atoms with E-state index in [4.69, 9.17) is 47.4 Å². The highest BCUT2D eigenvalue weighted by Gasteiger charge is 2.49. The summed E-state index contributed by atoms with van der Waals surface area (Å²) in [5.41, 5.74) is 0. The van der Waals surface area contributed by atoms with Crippen molar-refractivity contribution in [2.75, 3.05) is 33.5 Å². The van der Waals surface area contributed by atoms with Crippen LogP contribution in [0.3, 0.4) is 0 Å². The monoisotopic (exact) mass is 841 g/mol. The SMILES string of the molecule is CC[C@@H]1C(C)[C@H](OC[C@@H]2C(C)[C@H](OC[C@@H]3C(C)[C@H](OC[C@@H]4C(CO[C@H]5OC(C(=O)O)[C@@H](C)[C@@H](C)C5C)[C@H](OC)OC(C)[C@H]4C)OC(C)[C@H]3C)OC(C)[C@H]2C)OC(C)[C@H]1C. The summed E-state index contributed by atoms with van der Waals surface area (Å²) in [6.45, 7) is 34.5. The Labute approximate surface area is 357 Å². The molecule has 10 unspecified atom stereocenters. The quantitative estimate of drug-likeness (QED) is 0.170. The molecule has 5 heterocycles. The maximum absolute atomic E-state index is 12.0. The van der Waals surface area contributed by atoms with Crippen molar-refractivity contribution in [1.29, 1.82) is 0 Å². The predicted octanol–water partition coefficient (Wildman–Crippen LogP) is 8.34. The van der Waals surface area contributed by atoms with E-state index in [0.29, 0.717) is 43.5 Å².